The lowest BCUT2D eigenvalue weighted by Gasteiger charge is -2.43. The van der Waals surface area contributed by atoms with Crippen LogP contribution in [0.2, 0.25) is 0 Å². The topological polar surface area (TPSA) is 37.3 Å². The highest BCUT2D eigenvalue weighted by atomic mass is 19.1. The van der Waals surface area contributed by atoms with Crippen LogP contribution in [0.3, 0.4) is 0 Å². The van der Waals surface area contributed by atoms with E-state index in [2.05, 4.69) is 18.2 Å². The SMILES string of the molecule is C[C@]12CCC3=C(CCc4cc(O)c(CCc5ccccc5)cc43)C13CC3[C@@H](F)C2=O. The number of carbonyl (C=O) groups is 1. The van der Waals surface area contributed by atoms with Gasteiger partial charge >= 0.3 is 0 Å². The molecule has 0 heterocycles. The molecule has 2 aromatic rings. The molecule has 6 rings (SSSR count). The van der Waals surface area contributed by atoms with Gasteiger partial charge in [-0.3, -0.25) is 4.79 Å². The van der Waals surface area contributed by atoms with Gasteiger partial charge in [0.1, 0.15) is 5.75 Å². The number of benzene rings is 2. The van der Waals surface area contributed by atoms with Gasteiger partial charge in [0.25, 0.3) is 0 Å². The highest BCUT2D eigenvalue weighted by Crippen LogP contribution is 2.79. The van der Waals surface area contributed by atoms with Crippen molar-refractivity contribution in [3.05, 3.63) is 70.3 Å². The number of aromatic hydroxyl groups is 1. The molecule has 1 spiro atoms. The third-order valence-corrected chi connectivity index (χ3v) is 8.72. The number of halogens is 1. The van der Waals surface area contributed by atoms with E-state index in [1.165, 1.54) is 27.8 Å². The summed E-state index contributed by atoms with van der Waals surface area (Å²) in [6, 6.07) is 14.5. The quantitative estimate of drug-likeness (QED) is 0.725. The number of hydrogen-bond acceptors (Lipinski definition) is 2. The second kappa shape index (κ2) is 6.06. The first-order chi connectivity index (χ1) is 14.5. The molecule has 1 N–H and O–H groups in total. The van der Waals surface area contributed by atoms with Crippen LogP contribution in [0.1, 0.15) is 54.9 Å². The molecule has 4 aliphatic carbocycles. The van der Waals surface area contributed by atoms with Crippen LogP contribution in [0.25, 0.3) is 5.57 Å². The summed E-state index contributed by atoms with van der Waals surface area (Å²) in [6.07, 6.45) is 4.61. The van der Waals surface area contributed by atoms with Crippen LogP contribution >= 0.6 is 0 Å². The number of aryl methyl sites for hydroxylation is 3. The van der Waals surface area contributed by atoms with E-state index in [4.69, 9.17) is 0 Å². The van der Waals surface area contributed by atoms with Crippen molar-refractivity contribution in [2.45, 2.75) is 58.0 Å². The number of hydrogen-bond donors (Lipinski definition) is 1. The first-order valence-corrected chi connectivity index (χ1v) is 11.3. The van der Waals surface area contributed by atoms with E-state index < -0.39 is 11.6 Å². The zero-order valence-corrected chi connectivity index (χ0v) is 17.4. The lowest BCUT2D eigenvalue weighted by atomic mass is 9.59. The zero-order chi connectivity index (χ0) is 20.7. The molecular weight excluding hydrogens is 375 g/mol. The fourth-order valence-corrected chi connectivity index (χ4v) is 7.02. The van der Waals surface area contributed by atoms with Crippen LogP contribution in [0, 0.1) is 16.7 Å². The lowest BCUT2D eigenvalue weighted by Crippen LogP contribution is -2.40. The van der Waals surface area contributed by atoms with Crippen LogP contribution in [-0.2, 0) is 24.1 Å². The Hall–Kier alpha value is -2.42. The highest BCUT2D eigenvalue weighted by Gasteiger charge is 2.79. The summed E-state index contributed by atoms with van der Waals surface area (Å²) in [5.41, 5.74) is 6.66. The average Bonchev–Trinajstić information content (AvgIpc) is 3.48. The Balaban J connectivity index is 1.39. The summed E-state index contributed by atoms with van der Waals surface area (Å²) in [4.78, 5) is 12.7. The third-order valence-electron chi connectivity index (χ3n) is 8.72. The van der Waals surface area contributed by atoms with E-state index in [0.717, 1.165) is 50.5 Å². The molecule has 0 amide bonds. The van der Waals surface area contributed by atoms with E-state index in [0.29, 0.717) is 5.75 Å². The minimum Gasteiger partial charge on any atom is -0.508 e. The molecule has 30 heavy (non-hydrogen) atoms. The molecule has 0 aromatic heterocycles. The van der Waals surface area contributed by atoms with Crippen molar-refractivity contribution >= 4 is 11.4 Å². The van der Waals surface area contributed by atoms with E-state index >= 15 is 0 Å². The fourth-order valence-electron chi connectivity index (χ4n) is 7.02. The van der Waals surface area contributed by atoms with E-state index in [1.807, 2.05) is 31.2 Å². The Kier molecular flexibility index (Phi) is 3.71. The van der Waals surface area contributed by atoms with Crippen molar-refractivity contribution in [3.8, 4) is 5.75 Å². The molecule has 2 saturated carbocycles. The Morgan fingerprint density at radius 3 is 2.70 bits per heavy atom. The number of phenolic OH excluding ortho intramolecular Hbond substituents is 1. The van der Waals surface area contributed by atoms with Crippen LogP contribution in [0.4, 0.5) is 4.39 Å². The number of Topliss-reactive ketones (excluding diaryl/α,β-unsaturated/α-hetero) is 1. The molecule has 0 radical (unpaired) electrons. The lowest BCUT2D eigenvalue weighted by molar-refractivity contribution is -0.132. The van der Waals surface area contributed by atoms with Crippen LogP contribution < -0.4 is 0 Å². The van der Waals surface area contributed by atoms with Crippen LogP contribution in [0.15, 0.2) is 48.0 Å². The van der Waals surface area contributed by atoms with E-state index in [-0.39, 0.29) is 17.1 Å². The van der Waals surface area contributed by atoms with E-state index in [9.17, 15) is 14.3 Å². The minimum atomic E-state index is -1.27. The predicted molar refractivity (Wildman–Crippen MR) is 115 cm³/mol. The number of phenols is 1. The van der Waals surface area contributed by atoms with Gasteiger partial charge in [0, 0.05) is 16.7 Å². The molecule has 0 bridgehead atoms. The van der Waals surface area contributed by atoms with E-state index in [1.54, 1.807) is 0 Å². The summed E-state index contributed by atoms with van der Waals surface area (Å²) in [5.74, 6) is 0.138. The maximum atomic E-state index is 14.7. The second-order valence-corrected chi connectivity index (χ2v) is 9.96. The Morgan fingerprint density at radius 2 is 1.90 bits per heavy atom. The molecule has 0 aliphatic heterocycles. The summed E-state index contributed by atoms with van der Waals surface area (Å²) < 4.78 is 14.7. The first kappa shape index (κ1) is 18.4. The molecule has 4 atom stereocenters. The van der Waals surface area contributed by atoms with Crippen molar-refractivity contribution in [2.24, 2.45) is 16.7 Å². The molecule has 154 valence electrons. The third kappa shape index (κ3) is 2.21. The molecule has 2 nitrogen and oxygen atoms in total. The van der Waals surface area contributed by atoms with Gasteiger partial charge in [0.2, 0.25) is 0 Å². The standard InChI is InChI=1S/C27H27FO2/c1-26-12-11-19-20-13-18(8-7-16-5-3-2-4-6-16)23(29)14-17(20)9-10-21(19)27(26)15-22(27)24(28)25(26)30/h2-6,13-14,22,24,29H,7-12,15H2,1H3/t22?,24-,26-,27?/m1/s1. The maximum Gasteiger partial charge on any atom is 0.173 e. The molecule has 2 fully saturated rings. The molecule has 2 aromatic carbocycles. The molecule has 2 unspecified atom stereocenters. The second-order valence-electron chi connectivity index (χ2n) is 9.96. The summed E-state index contributed by atoms with van der Waals surface area (Å²) in [5, 5.41) is 10.6. The molecule has 0 saturated heterocycles. The Bertz CT molecular complexity index is 1100. The Labute approximate surface area is 176 Å². The summed E-state index contributed by atoms with van der Waals surface area (Å²) in [7, 11) is 0. The smallest absolute Gasteiger partial charge is 0.173 e. The van der Waals surface area contributed by atoms with Gasteiger partial charge < -0.3 is 5.11 Å². The zero-order valence-electron chi connectivity index (χ0n) is 17.4. The van der Waals surface area contributed by atoms with Gasteiger partial charge in [-0.1, -0.05) is 42.8 Å². The minimum absolute atomic E-state index is 0.100. The van der Waals surface area contributed by atoms with Crippen molar-refractivity contribution in [1.82, 2.24) is 0 Å². The highest BCUT2D eigenvalue weighted by molar-refractivity contribution is 5.97. The largest absolute Gasteiger partial charge is 0.508 e. The number of carbonyl (C=O) groups excluding carboxylic acids is 1. The van der Waals surface area contributed by atoms with Gasteiger partial charge in [-0.2, -0.15) is 0 Å². The normalized spacial score (nSPS) is 33.6. The van der Waals surface area contributed by atoms with Crippen molar-refractivity contribution in [2.75, 3.05) is 0 Å². The summed E-state index contributed by atoms with van der Waals surface area (Å²) in [6.45, 7) is 2.02. The average molecular weight is 403 g/mol. The van der Waals surface area contributed by atoms with Crippen molar-refractivity contribution in [1.29, 1.82) is 0 Å². The maximum absolute atomic E-state index is 14.7. The van der Waals surface area contributed by atoms with Gasteiger partial charge in [-0.15, -0.1) is 0 Å². The first-order valence-electron chi connectivity index (χ1n) is 11.3. The Morgan fingerprint density at radius 1 is 1.10 bits per heavy atom. The van der Waals surface area contributed by atoms with Gasteiger partial charge in [-0.05, 0) is 84.9 Å². The number of alkyl halides is 1. The van der Waals surface area contributed by atoms with Crippen molar-refractivity contribution in [3.63, 3.8) is 0 Å². The molecule has 4 aliphatic rings. The number of allylic oxidation sites excluding steroid dienone is 2. The number of fused-ring (bicyclic) bond motifs is 2. The number of rotatable bonds is 3. The van der Waals surface area contributed by atoms with Gasteiger partial charge in [0.15, 0.2) is 12.0 Å². The van der Waals surface area contributed by atoms with Crippen molar-refractivity contribution < 1.29 is 14.3 Å². The molecular formula is C27H27FO2. The number of ketones is 1. The van der Waals surface area contributed by atoms with Crippen LogP contribution in [-0.4, -0.2) is 17.1 Å². The predicted octanol–water partition coefficient (Wildman–Crippen LogP) is 5.60. The summed E-state index contributed by atoms with van der Waals surface area (Å²) >= 11 is 0. The van der Waals surface area contributed by atoms with Gasteiger partial charge in [0.05, 0.1) is 0 Å². The monoisotopic (exact) mass is 402 g/mol. The molecule has 3 heteroatoms. The van der Waals surface area contributed by atoms with Gasteiger partial charge in [-0.25, -0.2) is 4.39 Å². The fraction of sp³-hybridized carbons (Fsp3) is 0.444. The van der Waals surface area contributed by atoms with Crippen LogP contribution in [0.5, 0.6) is 5.75 Å².